The first kappa shape index (κ1) is 10.6. The molecule has 0 aliphatic heterocycles. The second-order valence-electron chi connectivity index (χ2n) is 4.02. The third kappa shape index (κ3) is 2.79. The van der Waals surface area contributed by atoms with Gasteiger partial charge in [0.1, 0.15) is 0 Å². The lowest BCUT2D eigenvalue weighted by Gasteiger charge is -2.09. The van der Waals surface area contributed by atoms with Gasteiger partial charge in [-0.3, -0.25) is 4.79 Å². The molecule has 0 bridgehead atoms. The first-order chi connectivity index (χ1) is 7.25. The molecule has 2 rings (SSSR count). The van der Waals surface area contributed by atoms with Crippen molar-refractivity contribution in [3.8, 4) is 0 Å². The number of aliphatic hydroxyl groups excluding tert-OH is 1. The summed E-state index contributed by atoms with van der Waals surface area (Å²) in [5.41, 5.74) is 0. The highest BCUT2D eigenvalue weighted by atomic mass is 32.1. The van der Waals surface area contributed by atoms with E-state index in [2.05, 4.69) is 5.32 Å². The van der Waals surface area contributed by atoms with E-state index >= 15 is 0 Å². The zero-order valence-electron chi connectivity index (χ0n) is 8.48. The Hall–Kier alpha value is -0.870. The Morgan fingerprint density at radius 2 is 2.47 bits per heavy atom. The highest BCUT2D eigenvalue weighted by Crippen LogP contribution is 2.24. The maximum absolute atomic E-state index is 11.6. The van der Waals surface area contributed by atoms with Crippen molar-refractivity contribution in [2.45, 2.75) is 25.4 Å². The molecule has 82 valence electrons. The van der Waals surface area contributed by atoms with Gasteiger partial charge in [0.15, 0.2) is 0 Å². The van der Waals surface area contributed by atoms with E-state index in [0.717, 1.165) is 24.1 Å². The number of carbonyl (C=O) groups excluding carboxylic acids is 1. The van der Waals surface area contributed by atoms with E-state index in [4.69, 9.17) is 0 Å². The minimum atomic E-state index is -0.159. The van der Waals surface area contributed by atoms with E-state index in [1.165, 1.54) is 11.3 Å². The molecule has 1 aromatic heterocycles. The summed E-state index contributed by atoms with van der Waals surface area (Å²) in [6, 6.07) is 3.70. The van der Waals surface area contributed by atoms with Crippen molar-refractivity contribution in [2.75, 3.05) is 6.54 Å². The number of carbonyl (C=O) groups is 1. The number of amides is 1. The topological polar surface area (TPSA) is 49.3 Å². The summed E-state index contributed by atoms with van der Waals surface area (Å²) in [6.07, 6.45) is 2.56. The Morgan fingerprint density at radius 3 is 3.07 bits per heavy atom. The summed E-state index contributed by atoms with van der Waals surface area (Å²) in [7, 11) is 0. The quantitative estimate of drug-likeness (QED) is 0.821. The fourth-order valence-electron chi connectivity index (χ4n) is 1.97. The van der Waals surface area contributed by atoms with Crippen molar-refractivity contribution in [3.63, 3.8) is 0 Å². The van der Waals surface area contributed by atoms with E-state index in [1.807, 2.05) is 17.5 Å². The van der Waals surface area contributed by atoms with Gasteiger partial charge in [-0.1, -0.05) is 6.07 Å². The molecule has 0 saturated heterocycles. The fourth-order valence-corrected chi connectivity index (χ4v) is 2.61. The van der Waals surface area contributed by atoms with Gasteiger partial charge >= 0.3 is 0 Å². The van der Waals surface area contributed by atoms with Gasteiger partial charge < -0.3 is 10.4 Å². The Labute approximate surface area is 93.1 Å². The molecule has 0 radical (unpaired) electrons. The second kappa shape index (κ2) is 4.77. The van der Waals surface area contributed by atoms with Crippen LogP contribution in [0.15, 0.2) is 17.5 Å². The average molecular weight is 225 g/mol. The first-order valence-corrected chi connectivity index (χ1v) is 6.13. The van der Waals surface area contributed by atoms with Crippen LogP contribution >= 0.6 is 11.3 Å². The molecule has 2 unspecified atom stereocenters. The van der Waals surface area contributed by atoms with Crippen LogP contribution in [0.5, 0.6) is 0 Å². The number of aliphatic hydroxyl groups is 1. The fraction of sp³-hybridized carbons (Fsp3) is 0.545. The zero-order valence-corrected chi connectivity index (χ0v) is 9.30. The third-order valence-corrected chi connectivity index (χ3v) is 3.68. The van der Waals surface area contributed by atoms with Crippen molar-refractivity contribution in [2.24, 2.45) is 5.92 Å². The normalized spacial score (nSPS) is 25.4. The van der Waals surface area contributed by atoms with Gasteiger partial charge in [0, 0.05) is 6.54 Å². The summed E-state index contributed by atoms with van der Waals surface area (Å²) < 4.78 is 0. The molecule has 2 atom stereocenters. The highest BCUT2D eigenvalue weighted by Gasteiger charge is 2.23. The third-order valence-electron chi connectivity index (χ3n) is 2.81. The largest absolute Gasteiger partial charge is 0.393 e. The minimum Gasteiger partial charge on any atom is -0.393 e. The molecule has 1 fully saturated rings. The summed E-state index contributed by atoms with van der Waals surface area (Å²) in [5.74, 6) is 0.454. The number of rotatable bonds is 3. The summed E-state index contributed by atoms with van der Waals surface area (Å²) in [6.45, 7) is 0.688. The standard InChI is InChI=1S/C11H15NO2S/c13-9-4-3-8(6-9)7-12-11(14)10-2-1-5-15-10/h1-2,5,8-9,13H,3-4,6-7H2,(H,12,14). The molecule has 2 N–H and O–H groups in total. The monoisotopic (exact) mass is 225 g/mol. The van der Waals surface area contributed by atoms with Gasteiger partial charge in [-0.2, -0.15) is 0 Å². The van der Waals surface area contributed by atoms with Crippen LogP contribution in [0, 0.1) is 5.92 Å². The number of thiophene rings is 1. The molecule has 4 heteroatoms. The molecule has 0 spiro atoms. The van der Waals surface area contributed by atoms with Crippen LogP contribution in [-0.4, -0.2) is 23.7 Å². The van der Waals surface area contributed by atoms with Crippen LogP contribution in [0.25, 0.3) is 0 Å². The number of hydrogen-bond acceptors (Lipinski definition) is 3. The van der Waals surface area contributed by atoms with Crippen molar-refractivity contribution < 1.29 is 9.90 Å². The van der Waals surface area contributed by atoms with Crippen LogP contribution in [0.4, 0.5) is 0 Å². The second-order valence-corrected chi connectivity index (χ2v) is 4.97. The first-order valence-electron chi connectivity index (χ1n) is 5.25. The van der Waals surface area contributed by atoms with Gasteiger partial charge in [0.2, 0.25) is 0 Å². The Balaban J connectivity index is 1.76. The Morgan fingerprint density at radius 1 is 1.60 bits per heavy atom. The molecule has 1 aromatic rings. The van der Waals surface area contributed by atoms with E-state index in [0.29, 0.717) is 12.5 Å². The zero-order chi connectivity index (χ0) is 10.7. The van der Waals surface area contributed by atoms with Crippen molar-refractivity contribution >= 4 is 17.2 Å². The smallest absolute Gasteiger partial charge is 0.261 e. The molecule has 1 aliphatic rings. The van der Waals surface area contributed by atoms with Crippen molar-refractivity contribution in [1.29, 1.82) is 0 Å². The van der Waals surface area contributed by atoms with Crippen molar-refractivity contribution in [1.82, 2.24) is 5.32 Å². The summed E-state index contributed by atoms with van der Waals surface area (Å²) in [4.78, 5) is 12.3. The number of hydrogen-bond donors (Lipinski definition) is 2. The predicted octanol–water partition coefficient (Wildman–Crippen LogP) is 1.64. The molecule has 15 heavy (non-hydrogen) atoms. The average Bonchev–Trinajstić information content (AvgIpc) is 2.84. The molecule has 1 heterocycles. The van der Waals surface area contributed by atoms with E-state index < -0.39 is 0 Å². The van der Waals surface area contributed by atoms with Gasteiger partial charge in [-0.15, -0.1) is 11.3 Å². The molecule has 0 aromatic carbocycles. The lowest BCUT2D eigenvalue weighted by Crippen LogP contribution is -2.27. The lowest BCUT2D eigenvalue weighted by atomic mass is 10.1. The van der Waals surface area contributed by atoms with Gasteiger partial charge in [-0.05, 0) is 36.6 Å². The summed E-state index contributed by atoms with van der Waals surface area (Å²) >= 11 is 1.45. The van der Waals surface area contributed by atoms with Gasteiger partial charge in [-0.25, -0.2) is 0 Å². The van der Waals surface area contributed by atoms with E-state index in [-0.39, 0.29) is 12.0 Å². The summed E-state index contributed by atoms with van der Waals surface area (Å²) in [5, 5.41) is 14.1. The SMILES string of the molecule is O=C(NCC1CCC(O)C1)c1cccs1. The molecule has 1 aliphatic carbocycles. The molecule has 1 amide bonds. The highest BCUT2D eigenvalue weighted by molar-refractivity contribution is 7.12. The van der Waals surface area contributed by atoms with Crippen LogP contribution in [-0.2, 0) is 0 Å². The Kier molecular flexibility index (Phi) is 3.38. The molecular formula is C11H15NO2S. The lowest BCUT2D eigenvalue weighted by molar-refractivity contribution is 0.0949. The minimum absolute atomic E-state index is 0.00592. The molecule has 1 saturated carbocycles. The molecule has 3 nitrogen and oxygen atoms in total. The maximum Gasteiger partial charge on any atom is 0.261 e. The van der Waals surface area contributed by atoms with Crippen LogP contribution in [0.1, 0.15) is 28.9 Å². The molecular weight excluding hydrogens is 210 g/mol. The maximum atomic E-state index is 11.6. The van der Waals surface area contributed by atoms with Crippen LogP contribution in [0.2, 0.25) is 0 Å². The number of nitrogens with one attached hydrogen (secondary N) is 1. The van der Waals surface area contributed by atoms with Crippen LogP contribution in [0.3, 0.4) is 0 Å². The van der Waals surface area contributed by atoms with E-state index in [1.54, 1.807) is 0 Å². The van der Waals surface area contributed by atoms with Gasteiger partial charge in [0.05, 0.1) is 11.0 Å². The predicted molar refractivity (Wildman–Crippen MR) is 60.0 cm³/mol. The van der Waals surface area contributed by atoms with Crippen LogP contribution < -0.4 is 5.32 Å². The van der Waals surface area contributed by atoms with E-state index in [9.17, 15) is 9.90 Å². The Bertz CT molecular complexity index is 323. The van der Waals surface area contributed by atoms with Gasteiger partial charge in [0.25, 0.3) is 5.91 Å². The van der Waals surface area contributed by atoms with Crippen molar-refractivity contribution in [3.05, 3.63) is 22.4 Å².